The summed E-state index contributed by atoms with van der Waals surface area (Å²) in [5.74, 6) is 2.64. The minimum absolute atomic E-state index is 0.00854. The summed E-state index contributed by atoms with van der Waals surface area (Å²) in [5.41, 5.74) is 4.96. The SMILES string of the molecule is COc1cc2c(cc1CC(C)C)-n1c(C3CCOC3)nc(C(=O)N(C)C(C)(C)C)c1CC2. The molecule has 1 atom stereocenters. The van der Waals surface area contributed by atoms with Gasteiger partial charge in [-0.25, -0.2) is 4.98 Å². The summed E-state index contributed by atoms with van der Waals surface area (Å²) in [6.45, 7) is 12.0. The van der Waals surface area contributed by atoms with E-state index in [-0.39, 0.29) is 17.4 Å². The van der Waals surface area contributed by atoms with Crippen LogP contribution in [0.3, 0.4) is 0 Å². The molecule has 1 fully saturated rings. The van der Waals surface area contributed by atoms with Gasteiger partial charge in [-0.15, -0.1) is 0 Å². The fourth-order valence-corrected chi connectivity index (χ4v) is 4.72. The van der Waals surface area contributed by atoms with Crippen LogP contribution in [0.1, 0.15) is 80.1 Å². The third-order valence-electron chi connectivity index (χ3n) is 6.79. The van der Waals surface area contributed by atoms with E-state index in [0.717, 1.165) is 55.2 Å². The Kier molecular flexibility index (Phi) is 6.10. The second-order valence-electron chi connectivity index (χ2n) is 10.6. The molecule has 32 heavy (non-hydrogen) atoms. The van der Waals surface area contributed by atoms with Crippen LogP contribution in [0.2, 0.25) is 0 Å². The summed E-state index contributed by atoms with van der Waals surface area (Å²) in [5, 5.41) is 0. The van der Waals surface area contributed by atoms with E-state index in [9.17, 15) is 4.79 Å². The summed E-state index contributed by atoms with van der Waals surface area (Å²) < 4.78 is 13.7. The highest BCUT2D eigenvalue weighted by Crippen LogP contribution is 2.38. The first-order valence-corrected chi connectivity index (χ1v) is 11.8. The minimum Gasteiger partial charge on any atom is -0.496 e. The number of rotatable bonds is 5. The average molecular weight is 440 g/mol. The highest BCUT2D eigenvalue weighted by atomic mass is 16.5. The Bertz CT molecular complexity index is 1010. The summed E-state index contributed by atoms with van der Waals surface area (Å²) in [6, 6.07) is 4.45. The van der Waals surface area contributed by atoms with Crippen LogP contribution in [0.15, 0.2) is 12.1 Å². The molecule has 0 bridgehead atoms. The molecule has 1 amide bonds. The van der Waals surface area contributed by atoms with Crippen LogP contribution in [0.5, 0.6) is 5.75 Å². The summed E-state index contributed by atoms with van der Waals surface area (Å²) in [6.07, 6.45) is 3.54. The molecule has 0 aliphatic carbocycles. The van der Waals surface area contributed by atoms with Crippen molar-refractivity contribution in [3.63, 3.8) is 0 Å². The van der Waals surface area contributed by atoms with Gasteiger partial charge >= 0.3 is 0 Å². The van der Waals surface area contributed by atoms with Crippen LogP contribution in [0.25, 0.3) is 5.69 Å². The van der Waals surface area contributed by atoms with E-state index in [1.165, 1.54) is 11.1 Å². The van der Waals surface area contributed by atoms with E-state index in [0.29, 0.717) is 18.2 Å². The van der Waals surface area contributed by atoms with Crippen molar-refractivity contribution in [2.45, 2.75) is 71.8 Å². The molecule has 0 radical (unpaired) electrons. The molecule has 0 spiro atoms. The average Bonchev–Trinajstić information content (AvgIpc) is 3.38. The Morgan fingerprint density at radius 3 is 2.66 bits per heavy atom. The quantitative estimate of drug-likeness (QED) is 0.686. The van der Waals surface area contributed by atoms with Crippen molar-refractivity contribution in [2.75, 3.05) is 27.4 Å². The number of aromatic nitrogens is 2. The lowest BCUT2D eigenvalue weighted by molar-refractivity contribution is 0.0648. The van der Waals surface area contributed by atoms with Gasteiger partial charge in [-0.1, -0.05) is 13.8 Å². The molecule has 1 saturated heterocycles. The van der Waals surface area contributed by atoms with Gasteiger partial charge in [0.2, 0.25) is 0 Å². The maximum Gasteiger partial charge on any atom is 0.274 e. The first kappa shape index (κ1) is 22.8. The fraction of sp³-hybridized carbons (Fsp3) is 0.615. The lowest BCUT2D eigenvalue weighted by Gasteiger charge is -2.32. The predicted octanol–water partition coefficient (Wildman–Crippen LogP) is 4.55. The molecule has 2 aliphatic heterocycles. The molecular weight excluding hydrogens is 402 g/mol. The number of ether oxygens (including phenoxy) is 2. The molecule has 4 rings (SSSR count). The Hall–Kier alpha value is -2.34. The number of imidazole rings is 1. The zero-order chi connectivity index (χ0) is 23.2. The third kappa shape index (κ3) is 4.05. The van der Waals surface area contributed by atoms with E-state index in [1.54, 1.807) is 12.0 Å². The highest BCUT2D eigenvalue weighted by molar-refractivity contribution is 5.94. The molecule has 1 unspecified atom stereocenters. The zero-order valence-electron chi connectivity index (χ0n) is 20.6. The molecule has 6 nitrogen and oxygen atoms in total. The van der Waals surface area contributed by atoms with Crippen LogP contribution in [-0.4, -0.2) is 53.3 Å². The van der Waals surface area contributed by atoms with Gasteiger partial charge < -0.3 is 14.4 Å². The molecule has 1 aromatic carbocycles. The molecule has 0 saturated carbocycles. The molecule has 2 aliphatic rings. The number of aryl methyl sites for hydroxylation is 1. The Balaban J connectivity index is 1.89. The maximum absolute atomic E-state index is 13.5. The lowest BCUT2D eigenvalue weighted by atomic mass is 9.94. The molecule has 0 N–H and O–H groups in total. The molecule has 2 aromatic rings. The molecule has 3 heterocycles. The number of methoxy groups -OCH3 is 1. The number of carbonyl (C=O) groups is 1. The summed E-state index contributed by atoms with van der Waals surface area (Å²) >= 11 is 0. The Morgan fingerprint density at radius 2 is 2.06 bits per heavy atom. The van der Waals surface area contributed by atoms with Gasteiger partial charge in [-0.2, -0.15) is 0 Å². The first-order chi connectivity index (χ1) is 15.1. The minimum atomic E-state index is -0.269. The zero-order valence-corrected chi connectivity index (χ0v) is 20.6. The van der Waals surface area contributed by atoms with Gasteiger partial charge in [0, 0.05) is 25.1 Å². The molecule has 174 valence electrons. The van der Waals surface area contributed by atoms with Gasteiger partial charge in [0.05, 0.1) is 25.1 Å². The van der Waals surface area contributed by atoms with Crippen LogP contribution in [-0.2, 0) is 24.0 Å². The number of nitrogens with zero attached hydrogens (tertiary/aromatic N) is 3. The maximum atomic E-state index is 13.5. The number of carbonyl (C=O) groups excluding carboxylic acids is 1. The van der Waals surface area contributed by atoms with Crippen molar-refractivity contribution in [3.8, 4) is 11.4 Å². The van der Waals surface area contributed by atoms with E-state index in [4.69, 9.17) is 14.5 Å². The van der Waals surface area contributed by atoms with Gasteiger partial charge in [-0.05, 0) is 75.6 Å². The van der Waals surface area contributed by atoms with Crippen LogP contribution < -0.4 is 4.74 Å². The van der Waals surface area contributed by atoms with Crippen LogP contribution >= 0.6 is 0 Å². The van der Waals surface area contributed by atoms with E-state index in [2.05, 4.69) is 51.3 Å². The number of benzene rings is 1. The second kappa shape index (κ2) is 8.54. The summed E-state index contributed by atoms with van der Waals surface area (Å²) in [4.78, 5) is 20.3. The third-order valence-corrected chi connectivity index (χ3v) is 6.79. The largest absolute Gasteiger partial charge is 0.496 e. The molecule has 6 heteroatoms. The van der Waals surface area contributed by atoms with Crippen LogP contribution in [0.4, 0.5) is 0 Å². The van der Waals surface area contributed by atoms with Crippen molar-refractivity contribution < 1.29 is 14.3 Å². The normalized spacial score (nSPS) is 17.9. The lowest BCUT2D eigenvalue weighted by Crippen LogP contribution is -2.43. The number of amides is 1. The Labute approximate surface area is 191 Å². The van der Waals surface area contributed by atoms with Gasteiger partial charge in [0.25, 0.3) is 5.91 Å². The van der Waals surface area contributed by atoms with Gasteiger partial charge in [-0.3, -0.25) is 9.36 Å². The van der Waals surface area contributed by atoms with E-state index in [1.807, 2.05) is 7.05 Å². The van der Waals surface area contributed by atoms with E-state index >= 15 is 0 Å². The second-order valence-corrected chi connectivity index (χ2v) is 10.6. The first-order valence-electron chi connectivity index (χ1n) is 11.8. The van der Waals surface area contributed by atoms with Crippen LogP contribution in [0, 0.1) is 5.92 Å². The van der Waals surface area contributed by atoms with Crippen molar-refractivity contribution >= 4 is 5.91 Å². The monoisotopic (exact) mass is 439 g/mol. The molecule has 1 aromatic heterocycles. The number of fused-ring (bicyclic) bond motifs is 3. The van der Waals surface area contributed by atoms with E-state index < -0.39 is 0 Å². The fourth-order valence-electron chi connectivity index (χ4n) is 4.72. The topological polar surface area (TPSA) is 56.6 Å². The smallest absolute Gasteiger partial charge is 0.274 e. The van der Waals surface area contributed by atoms with Crippen molar-refractivity contribution in [1.82, 2.24) is 14.5 Å². The standard InChI is InChI=1S/C26H37N3O3/c1-16(2)12-19-13-21-17(14-22(19)31-7)8-9-20-23(25(30)28(6)26(3,4)5)27-24(29(20)21)18-10-11-32-15-18/h13-14,16,18H,8-12,15H2,1-7H3. The van der Waals surface area contributed by atoms with Crippen molar-refractivity contribution in [3.05, 3.63) is 40.5 Å². The van der Waals surface area contributed by atoms with Crippen molar-refractivity contribution in [2.24, 2.45) is 5.92 Å². The van der Waals surface area contributed by atoms with Gasteiger partial charge in [0.15, 0.2) is 0 Å². The number of hydrogen-bond acceptors (Lipinski definition) is 4. The predicted molar refractivity (Wildman–Crippen MR) is 126 cm³/mol. The van der Waals surface area contributed by atoms with Gasteiger partial charge in [0.1, 0.15) is 17.3 Å². The highest BCUT2D eigenvalue weighted by Gasteiger charge is 2.35. The molecular formula is C26H37N3O3. The van der Waals surface area contributed by atoms with Crippen molar-refractivity contribution in [1.29, 1.82) is 0 Å². The number of hydrogen-bond donors (Lipinski definition) is 0. The Morgan fingerprint density at radius 1 is 1.31 bits per heavy atom. The summed E-state index contributed by atoms with van der Waals surface area (Å²) in [7, 11) is 3.62.